The summed E-state index contributed by atoms with van der Waals surface area (Å²) >= 11 is 0. The Bertz CT molecular complexity index is 1160. The molecule has 170 valence electrons. The molecule has 0 radical (unpaired) electrons. The van der Waals surface area contributed by atoms with E-state index in [-0.39, 0.29) is 36.6 Å². The number of hydrogen-bond acceptors (Lipinski definition) is 9. The fourth-order valence-electron chi connectivity index (χ4n) is 3.28. The number of rotatable bonds is 9. The van der Waals surface area contributed by atoms with Crippen LogP contribution in [0.2, 0.25) is 0 Å². The van der Waals surface area contributed by atoms with Crippen LogP contribution in [0, 0.1) is 16.7 Å². The van der Waals surface area contributed by atoms with Crippen molar-refractivity contribution in [2.24, 2.45) is 5.41 Å². The molecule has 2 amide bonds. The second-order valence-corrected chi connectivity index (χ2v) is 9.78. The van der Waals surface area contributed by atoms with E-state index in [0.717, 1.165) is 6.26 Å². The highest BCUT2D eigenvalue weighted by Crippen LogP contribution is 2.36. The predicted octanol–water partition coefficient (Wildman–Crippen LogP) is 0.234. The van der Waals surface area contributed by atoms with Crippen molar-refractivity contribution in [2.75, 3.05) is 35.3 Å². The summed E-state index contributed by atoms with van der Waals surface area (Å²) in [4.78, 5) is 34.7. The van der Waals surface area contributed by atoms with E-state index in [9.17, 15) is 23.3 Å². The Morgan fingerprint density at radius 2 is 2.19 bits per heavy atom. The zero-order valence-electron chi connectivity index (χ0n) is 17.8. The van der Waals surface area contributed by atoms with Crippen LogP contribution in [0.25, 0.3) is 0 Å². The molecule has 1 aliphatic rings. The van der Waals surface area contributed by atoms with Crippen molar-refractivity contribution in [1.29, 1.82) is 5.26 Å². The number of sulfone groups is 1. The van der Waals surface area contributed by atoms with Crippen LogP contribution < -0.4 is 15.5 Å². The van der Waals surface area contributed by atoms with E-state index in [1.807, 2.05) is 6.92 Å². The van der Waals surface area contributed by atoms with E-state index in [0.29, 0.717) is 30.9 Å². The average Bonchev–Trinajstić information content (AvgIpc) is 3.31. The maximum Gasteiger partial charge on any atom is 0.248 e. The van der Waals surface area contributed by atoms with Crippen LogP contribution in [0.15, 0.2) is 24.7 Å². The molecule has 1 saturated heterocycles. The lowest BCUT2D eigenvalue weighted by atomic mass is 9.85. The molecule has 2 aromatic rings. The van der Waals surface area contributed by atoms with Crippen LogP contribution in [0.5, 0.6) is 0 Å². The number of aromatic nitrogens is 4. The molecule has 32 heavy (non-hydrogen) atoms. The SMILES string of the molecule is CC[C@]1(C#N)CCN(c2ccnc(Nc3cnn(CC(=O)NCCS(C)(=O)=O)c3)n2)C1=O. The van der Waals surface area contributed by atoms with Crippen molar-refractivity contribution in [3.8, 4) is 6.07 Å². The smallest absolute Gasteiger partial charge is 0.248 e. The van der Waals surface area contributed by atoms with E-state index in [4.69, 9.17) is 0 Å². The molecule has 1 fully saturated rings. The van der Waals surface area contributed by atoms with E-state index in [1.54, 1.807) is 12.3 Å². The molecule has 0 saturated carbocycles. The molecule has 0 aliphatic carbocycles. The fraction of sp³-hybridized carbons (Fsp3) is 0.474. The number of hydrogen-bond donors (Lipinski definition) is 2. The highest BCUT2D eigenvalue weighted by atomic mass is 32.2. The third-order valence-electron chi connectivity index (χ3n) is 5.14. The lowest BCUT2D eigenvalue weighted by Crippen LogP contribution is -2.33. The molecule has 1 aliphatic heterocycles. The third-order valence-corrected chi connectivity index (χ3v) is 6.09. The molecule has 2 aromatic heterocycles. The van der Waals surface area contributed by atoms with Gasteiger partial charge in [-0.25, -0.2) is 13.4 Å². The summed E-state index contributed by atoms with van der Waals surface area (Å²) in [6.07, 6.45) is 6.56. The molecule has 12 nitrogen and oxygen atoms in total. The first-order valence-corrected chi connectivity index (χ1v) is 12.0. The zero-order chi connectivity index (χ0) is 23.4. The summed E-state index contributed by atoms with van der Waals surface area (Å²) in [6.45, 7) is 2.18. The molecule has 3 heterocycles. The first-order chi connectivity index (χ1) is 15.2. The van der Waals surface area contributed by atoms with Crippen LogP contribution in [0.3, 0.4) is 0 Å². The number of nitrogens with zero attached hydrogens (tertiary/aromatic N) is 6. The standard InChI is InChI=1S/C19H24N8O4S/c1-3-19(13-20)5-8-27(17(19)29)15-4-6-22-18(25-15)24-14-10-23-26(11-14)12-16(28)21-7-9-32(2,30)31/h4,6,10-11H,3,5,7-9,12H2,1-2H3,(H,21,28)(H,22,24,25)/t19-/m1/s1. The van der Waals surface area contributed by atoms with Crippen molar-refractivity contribution < 1.29 is 18.0 Å². The van der Waals surface area contributed by atoms with Crippen molar-refractivity contribution in [3.63, 3.8) is 0 Å². The van der Waals surface area contributed by atoms with E-state index < -0.39 is 15.3 Å². The summed E-state index contributed by atoms with van der Waals surface area (Å²) in [6, 6.07) is 3.75. The Morgan fingerprint density at radius 1 is 1.41 bits per heavy atom. The summed E-state index contributed by atoms with van der Waals surface area (Å²) in [5.41, 5.74) is -0.486. The molecule has 2 N–H and O–H groups in total. The monoisotopic (exact) mass is 460 g/mol. The number of nitriles is 1. The Labute approximate surface area is 185 Å². The van der Waals surface area contributed by atoms with Gasteiger partial charge in [0.15, 0.2) is 0 Å². The summed E-state index contributed by atoms with van der Waals surface area (Å²) in [7, 11) is -3.15. The Morgan fingerprint density at radius 3 is 2.84 bits per heavy atom. The van der Waals surface area contributed by atoms with Crippen LogP contribution in [-0.4, -0.2) is 65.1 Å². The molecule has 0 bridgehead atoms. The van der Waals surface area contributed by atoms with Gasteiger partial charge < -0.3 is 10.6 Å². The summed E-state index contributed by atoms with van der Waals surface area (Å²) in [5.74, 6) is -0.132. The first kappa shape index (κ1) is 23.1. The second-order valence-electron chi connectivity index (χ2n) is 7.52. The number of amides is 2. The second kappa shape index (κ2) is 9.31. The number of anilines is 3. The number of carbonyl (C=O) groups excluding carboxylic acids is 2. The van der Waals surface area contributed by atoms with Crippen LogP contribution in [0.1, 0.15) is 19.8 Å². The largest absolute Gasteiger partial charge is 0.353 e. The number of carbonyl (C=O) groups is 2. The molecule has 13 heteroatoms. The highest BCUT2D eigenvalue weighted by molar-refractivity contribution is 7.90. The fourth-order valence-corrected chi connectivity index (χ4v) is 3.75. The van der Waals surface area contributed by atoms with Gasteiger partial charge >= 0.3 is 0 Å². The molecular formula is C19H24N8O4S. The normalized spacial score (nSPS) is 18.4. The highest BCUT2D eigenvalue weighted by Gasteiger charge is 2.46. The van der Waals surface area contributed by atoms with Gasteiger partial charge in [-0.15, -0.1) is 0 Å². The van der Waals surface area contributed by atoms with Gasteiger partial charge in [0.1, 0.15) is 27.6 Å². The van der Waals surface area contributed by atoms with Gasteiger partial charge in [0.25, 0.3) is 0 Å². The minimum Gasteiger partial charge on any atom is -0.353 e. The Hall–Kier alpha value is -3.53. The molecule has 0 aromatic carbocycles. The molecule has 3 rings (SSSR count). The van der Waals surface area contributed by atoms with E-state index in [2.05, 4.69) is 31.8 Å². The summed E-state index contributed by atoms with van der Waals surface area (Å²) in [5, 5.41) is 19.0. The van der Waals surface area contributed by atoms with Gasteiger partial charge in [0.05, 0.1) is 23.7 Å². The van der Waals surface area contributed by atoms with Gasteiger partial charge in [-0.1, -0.05) is 6.92 Å². The third kappa shape index (κ3) is 5.38. The molecule has 0 unspecified atom stereocenters. The van der Waals surface area contributed by atoms with Crippen molar-refractivity contribution in [2.45, 2.75) is 26.3 Å². The van der Waals surface area contributed by atoms with Gasteiger partial charge in [0, 0.05) is 31.7 Å². The lowest BCUT2D eigenvalue weighted by molar-refractivity contribution is -0.123. The maximum atomic E-state index is 12.7. The van der Waals surface area contributed by atoms with Gasteiger partial charge in [-0.3, -0.25) is 19.2 Å². The molecular weight excluding hydrogens is 436 g/mol. The summed E-state index contributed by atoms with van der Waals surface area (Å²) < 4.78 is 23.6. The minimum atomic E-state index is -3.15. The van der Waals surface area contributed by atoms with E-state index in [1.165, 1.54) is 22.0 Å². The van der Waals surface area contributed by atoms with Gasteiger partial charge in [-0.05, 0) is 18.9 Å². The van der Waals surface area contributed by atoms with Crippen molar-refractivity contribution in [3.05, 3.63) is 24.7 Å². The topological polar surface area (TPSA) is 163 Å². The minimum absolute atomic E-state index is 0.0328. The quantitative estimate of drug-likeness (QED) is 0.533. The van der Waals surface area contributed by atoms with Gasteiger partial charge in [0.2, 0.25) is 17.8 Å². The Balaban J connectivity index is 1.61. The van der Waals surface area contributed by atoms with E-state index >= 15 is 0 Å². The molecule has 0 spiro atoms. The molecule has 1 atom stereocenters. The lowest BCUT2D eigenvalue weighted by Gasteiger charge is -2.19. The maximum absolute atomic E-state index is 12.7. The Kier molecular flexibility index (Phi) is 6.73. The van der Waals surface area contributed by atoms with Gasteiger partial charge in [-0.2, -0.15) is 15.3 Å². The van der Waals surface area contributed by atoms with Crippen molar-refractivity contribution in [1.82, 2.24) is 25.1 Å². The first-order valence-electron chi connectivity index (χ1n) is 9.96. The average molecular weight is 461 g/mol. The predicted molar refractivity (Wildman–Crippen MR) is 116 cm³/mol. The number of nitrogens with one attached hydrogen (secondary N) is 2. The van der Waals surface area contributed by atoms with Crippen LogP contribution in [-0.2, 0) is 26.0 Å². The van der Waals surface area contributed by atoms with Crippen molar-refractivity contribution >= 4 is 39.1 Å². The van der Waals surface area contributed by atoms with Crippen LogP contribution >= 0.6 is 0 Å². The zero-order valence-corrected chi connectivity index (χ0v) is 18.6. The van der Waals surface area contributed by atoms with Crippen LogP contribution in [0.4, 0.5) is 17.5 Å².